The third kappa shape index (κ3) is 5.07. The lowest BCUT2D eigenvalue weighted by Crippen LogP contribution is -2.16. The molecule has 0 aliphatic heterocycles. The molecule has 0 aliphatic carbocycles. The van der Waals surface area contributed by atoms with Crippen LogP contribution in [0.15, 0.2) is 43.0 Å². The quantitative estimate of drug-likeness (QED) is 0.247. The number of aryl methyl sites for hydroxylation is 4. The summed E-state index contributed by atoms with van der Waals surface area (Å²) in [5, 5.41) is 8.14. The van der Waals surface area contributed by atoms with E-state index in [0.29, 0.717) is 17.1 Å². The molecule has 14 nitrogen and oxygen atoms in total. The Bertz CT molecular complexity index is 1550. The first kappa shape index (κ1) is 24.8. The van der Waals surface area contributed by atoms with Crippen LogP contribution in [0.4, 0.5) is 22.9 Å². The van der Waals surface area contributed by atoms with E-state index >= 15 is 0 Å². The minimum atomic E-state index is -0.614. The molecule has 192 valence electrons. The summed E-state index contributed by atoms with van der Waals surface area (Å²) in [5.74, 6) is -1.63. The molecular formula is C23H26N10O4. The van der Waals surface area contributed by atoms with E-state index in [0.717, 1.165) is 0 Å². The van der Waals surface area contributed by atoms with E-state index in [1.807, 2.05) is 0 Å². The number of anilines is 4. The molecule has 37 heavy (non-hydrogen) atoms. The lowest BCUT2D eigenvalue weighted by atomic mass is 10.3. The van der Waals surface area contributed by atoms with Gasteiger partial charge in [0.25, 0.3) is 23.6 Å². The van der Waals surface area contributed by atoms with E-state index in [9.17, 15) is 19.2 Å². The first-order valence-electron chi connectivity index (χ1n) is 10.9. The Morgan fingerprint density at radius 3 is 1.43 bits per heavy atom. The average molecular weight is 507 g/mol. The number of nitrogens with two attached hydrogens (primary N) is 2. The molecule has 0 bridgehead atoms. The zero-order chi connectivity index (χ0) is 27.0. The molecule has 0 spiro atoms. The normalized spacial score (nSPS) is 10.8. The van der Waals surface area contributed by atoms with Gasteiger partial charge in [-0.1, -0.05) is 0 Å². The highest BCUT2D eigenvalue weighted by Crippen LogP contribution is 2.20. The molecule has 7 N–H and O–H groups in total. The number of rotatable bonds is 7. The van der Waals surface area contributed by atoms with Gasteiger partial charge in [0, 0.05) is 53.0 Å². The number of amides is 4. The van der Waals surface area contributed by atoms with Crippen molar-refractivity contribution in [2.45, 2.75) is 0 Å². The summed E-state index contributed by atoms with van der Waals surface area (Å²) in [6.07, 6.45) is 6.26. The fraction of sp³-hybridized carbons (Fsp3) is 0.174. The van der Waals surface area contributed by atoms with Crippen molar-refractivity contribution < 1.29 is 19.2 Å². The first-order chi connectivity index (χ1) is 17.4. The molecular weight excluding hydrogens is 480 g/mol. The van der Waals surface area contributed by atoms with E-state index in [1.165, 1.54) is 33.5 Å². The number of nitrogens with zero attached hydrogens (tertiary/aromatic N) is 5. The standard InChI is InChI=1S/C23H26N10O4/c1-30-8-12(5-15(30)19(25)34)26-21(35)16-6-13(9-31(16)2)27-22(36)17-7-14(10-32(17)3)28-23(37)20-29-18(24)11-33(20)4/h5-11H,24H2,1-4H3,(H2,25,34)(H,26,35)(H,27,36)(H,28,37). The van der Waals surface area contributed by atoms with Gasteiger partial charge < -0.3 is 45.7 Å². The molecule has 4 rings (SSSR count). The van der Waals surface area contributed by atoms with Gasteiger partial charge >= 0.3 is 0 Å². The summed E-state index contributed by atoms with van der Waals surface area (Å²) in [5.41, 5.74) is 12.9. The van der Waals surface area contributed by atoms with Gasteiger partial charge in [-0.05, 0) is 18.2 Å². The Hall–Kier alpha value is -5.27. The molecule has 0 fully saturated rings. The number of carbonyl (C=O) groups is 4. The Morgan fingerprint density at radius 2 is 1.05 bits per heavy atom. The van der Waals surface area contributed by atoms with Crippen LogP contribution in [-0.2, 0) is 28.2 Å². The van der Waals surface area contributed by atoms with Crippen molar-refractivity contribution in [1.82, 2.24) is 23.3 Å². The van der Waals surface area contributed by atoms with Crippen LogP contribution in [0.1, 0.15) is 42.1 Å². The number of nitrogens with one attached hydrogen (secondary N) is 3. The van der Waals surface area contributed by atoms with Gasteiger partial charge in [0.1, 0.15) is 22.9 Å². The predicted octanol–water partition coefficient (Wildman–Crippen LogP) is 0.874. The maximum atomic E-state index is 12.9. The van der Waals surface area contributed by atoms with Gasteiger partial charge in [-0.3, -0.25) is 19.2 Å². The Morgan fingerprint density at radius 1 is 0.649 bits per heavy atom. The van der Waals surface area contributed by atoms with Gasteiger partial charge in [0.2, 0.25) is 5.82 Å². The Balaban J connectivity index is 1.44. The average Bonchev–Trinajstić information content (AvgIpc) is 3.54. The van der Waals surface area contributed by atoms with Gasteiger partial charge in [-0.25, -0.2) is 4.98 Å². The summed E-state index contributed by atoms with van der Waals surface area (Å²) in [6, 6.07) is 4.50. The number of carbonyl (C=O) groups excluding carboxylic acids is 4. The van der Waals surface area contributed by atoms with Gasteiger partial charge in [-0.2, -0.15) is 0 Å². The Kier molecular flexibility index (Phi) is 6.32. The van der Waals surface area contributed by atoms with Crippen molar-refractivity contribution in [3.63, 3.8) is 0 Å². The highest BCUT2D eigenvalue weighted by Gasteiger charge is 2.19. The van der Waals surface area contributed by atoms with Crippen molar-refractivity contribution >= 4 is 46.5 Å². The zero-order valence-corrected chi connectivity index (χ0v) is 20.6. The fourth-order valence-corrected chi connectivity index (χ4v) is 3.87. The fourth-order valence-electron chi connectivity index (χ4n) is 3.87. The lowest BCUT2D eigenvalue weighted by Gasteiger charge is -2.03. The van der Waals surface area contributed by atoms with E-state index in [4.69, 9.17) is 11.5 Å². The van der Waals surface area contributed by atoms with Crippen molar-refractivity contribution in [2.24, 2.45) is 33.9 Å². The zero-order valence-electron chi connectivity index (χ0n) is 20.6. The van der Waals surface area contributed by atoms with Crippen LogP contribution in [0.3, 0.4) is 0 Å². The molecule has 0 atom stereocenters. The highest BCUT2D eigenvalue weighted by atomic mass is 16.2. The van der Waals surface area contributed by atoms with Crippen LogP contribution in [0.25, 0.3) is 0 Å². The second-order valence-corrected chi connectivity index (χ2v) is 8.50. The molecule has 0 saturated heterocycles. The molecule has 0 saturated carbocycles. The van der Waals surface area contributed by atoms with Crippen LogP contribution < -0.4 is 27.4 Å². The second kappa shape index (κ2) is 9.41. The summed E-state index contributed by atoms with van der Waals surface area (Å²) < 4.78 is 6.12. The molecule has 4 aromatic rings. The molecule has 4 heterocycles. The van der Waals surface area contributed by atoms with Gasteiger partial charge in [-0.15, -0.1) is 0 Å². The molecule has 4 amide bonds. The molecule has 0 aromatic carbocycles. The molecule has 0 radical (unpaired) electrons. The maximum absolute atomic E-state index is 12.9. The number of hydrogen-bond acceptors (Lipinski definition) is 6. The summed E-state index contributed by atoms with van der Waals surface area (Å²) >= 11 is 0. The minimum Gasteiger partial charge on any atom is -0.382 e. The van der Waals surface area contributed by atoms with Crippen LogP contribution in [-0.4, -0.2) is 46.9 Å². The van der Waals surface area contributed by atoms with Crippen LogP contribution in [0.5, 0.6) is 0 Å². The topological polar surface area (TPSA) is 189 Å². The smallest absolute Gasteiger partial charge is 0.291 e. The van der Waals surface area contributed by atoms with Crippen molar-refractivity contribution in [2.75, 3.05) is 21.7 Å². The summed E-state index contributed by atoms with van der Waals surface area (Å²) in [6.45, 7) is 0. The molecule has 0 unspecified atom stereocenters. The van der Waals surface area contributed by atoms with E-state index in [1.54, 1.807) is 55.9 Å². The third-order valence-corrected chi connectivity index (χ3v) is 5.60. The van der Waals surface area contributed by atoms with Gasteiger partial charge in [0.05, 0.1) is 17.1 Å². The van der Waals surface area contributed by atoms with Crippen LogP contribution in [0, 0.1) is 0 Å². The Labute approximate surface area is 210 Å². The third-order valence-electron chi connectivity index (χ3n) is 5.60. The predicted molar refractivity (Wildman–Crippen MR) is 136 cm³/mol. The molecule has 0 aliphatic rings. The van der Waals surface area contributed by atoms with Crippen molar-refractivity contribution in [3.05, 3.63) is 65.9 Å². The first-order valence-corrected chi connectivity index (χ1v) is 10.9. The van der Waals surface area contributed by atoms with Crippen LogP contribution in [0.2, 0.25) is 0 Å². The monoisotopic (exact) mass is 506 g/mol. The SMILES string of the molecule is Cn1cc(NC(=O)c2cc(NC(=O)c3cc(NC(=O)c4nc(N)cn4C)cn3C)cn2C)cc1C(N)=O. The molecule has 14 heteroatoms. The molecule has 4 aromatic heterocycles. The van der Waals surface area contributed by atoms with Crippen LogP contribution >= 0.6 is 0 Å². The largest absolute Gasteiger partial charge is 0.382 e. The highest BCUT2D eigenvalue weighted by molar-refractivity contribution is 6.08. The van der Waals surface area contributed by atoms with Gasteiger partial charge in [0.15, 0.2) is 0 Å². The number of aromatic nitrogens is 5. The number of primary amides is 1. The van der Waals surface area contributed by atoms with E-state index < -0.39 is 23.6 Å². The number of hydrogen-bond donors (Lipinski definition) is 5. The lowest BCUT2D eigenvalue weighted by molar-refractivity contribution is 0.0987. The maximum Gasteiger partial charge on any atom is 0.291 e. The number of nitrogen functional groups attached to an aromatic ring is 1. The van der Waals surface area contributed by atoms with E-state index in [-0.39, 0.29) is 28.7 Å². The summed E-state index contributed by atoms with van der Waals surface area (Å²) in [4.78, 5) is 53.6. The second-order valence-electron chi connectivity index (χ2n) is 8.50. The minimum absolute atomic E-state index is 0.129. The summed E-state index contributed by atoms with van der Waals surface area (Å²) in [7, 11) is 6.60. The number of imidazole rings is 1. The van der Waals surface area contributed by atoms with Crippen molar-refractivity contribution in [3.8, 4) is 0 Å². The van der Waals surface area contributed by atoms with Crippen molar-refractivity contribution in [1.29, 1.82) is 0 Å². The van der Waals surface area contributed by atoms with E-state index in [2.05, 4.69) is 20.9 Å².